The first kappa shape index (κ1) is 21.9. The molecule has 0 bridgehead atoms. The van der Waals surface area contributed by atoms with E-state index in [9.17, 15) is 13.2 Å². The summed E-state index contributed by atoms with van der Waals surface area (Å²) in [6, 6.07) is 15.1. The smallest absolute Gasteiger partial charge is 0.206 e. The van der Waals surface area contributed by atoms with Crippen LogP contribution in [0.4, 0.5) is 0 Å². The normalized spacial score (nSPS) is 17.8. The molecule has 0 N–H and O–H groups in total. The highest BCUT2D eigenvalue weighted by molar-refractivity contribution is 7.91. The van der Waals surface area contributed by atoms with Gasteiger partial charge in [0, 0.05) is 23.7 Å². The maximum atomic E-state index is 13.1. The summed E-state index contributed by atoms with van der Waals surface area (Å²) in [5, 5.41) is 0. The molecule has 1 fully saturated rings. The average molecular weight is 468 g/mol. The van der Waals surface area contributed by atoms with E-state index >= 15 is 0 Å². The van der Waals surface area contributed by atoms with Crippen LogP contribution in [0.2, 0.25) is 0 Å². The molecular formula is C25H25NO6S. The summed E-state index contributed by atoms with van der Waals surface area (Å²) in [7, 11) is -3.62. The largest absolute Gasteiger partial charge is 0.476 e. The second kappa shape index (κ2) is 8.78. The third-order valence-corrected chi connectivity index (χ3v) is 7.89. The van der Waals surface area contributed by atoms with E-state index in [-0.39, 0.29) is 21.3 Å². The molecular weight excluding hydrogens is 442 g/mol. The fraction of sp³-hybridized carbons (Fsp3) is 0.320. The zero-order valence-electron chi connectivity index (χ0n) is 18.3. The van der Waals surface area contributed by atoms with Gasteiger partial charge in [-0.2, -0.15) is 0 Å². The molecule has 0 radical (unpaired) electrons. The molecule has 172 valence electrons. The minimum absolute atomic E-state index is 0.120. The van der Waals surface area contributed by atoms with Crippen LogP contribution in [0.1, 0.15) is 11.1 Å². The number of pyridine rings is 1. The SMILES string of the molecule is Cc1c2n(c(OC[C@@H]3COCCO3)cc1=O)CCc1cc(S(=O)(=O)c3ccccc3)ccc1-2. The third-order valence-electron chi connectivity index (χ3n) is 6.12. The lowest BCUT2D eigenvalue weighted by molar-refractivity contribution is -0.102. The van der Waals surface area contributed by atoms with Crippen molar-refractivity contribution in [1.82, 2.24) is 4.57 Å². The molecule has 2 aliphatic heterocycles. The van der Waals surface area contributed by atoms with Crippen molar-refractivity contribution in [2.24, 2.45) is 0 Å². The number of aryl methyl sites for hydroxylation is 1. The highest BCUT2D eigenvalue weighted by atomic mass is 32.2. The average Bonchev–Trinajstić information content (AvgIpc) is 2.85. The van der Waals surface area contributed by atoms with Crippen LogP contribution in [-0.4, -0.2) is 45.5 Å². The molecule has 1 saturated heterocycles. The molecule has 0 saturated carbocycles. The number of rotatable bonds is 5. The lowest BCUT2D eigenvalue weighted by atomic mass is 9.94. The molecule has 0 unspecified atom stereocenters. The number of aromatic nitrogens is 1. The van der Waals surface area contributed by atoms with Crippen LogP contribution in [0.25, 0.3) is 11.3 Å². The predicted octanol–water partition coefficient (Wildman–Crippen LogP) is 3.01. The van der Waals surface area contributed by atoms with Gasteiger partial charge >= 0.3 is 0 Å². The summed E-state index contributed by atoms with van der Waals surface area (Å²) in [6.45, 7) is 4.24. The van der Waals surface area contributed by atoms with Crippen LogP contribution < -0.4 is 10.2 Å². The van der Waals surface area contributed by atoms with Crippen molar-refractivity contribution in [3.8, 4) is 17.1 Å². The number of hydrogen-bond donors (Lipinski definition) is 0. The number of ether oxygens (including phenoxy) is 3. The molecule has 5 rings (SSSR count). The van der Waals surface area contributed by atoms with Gasteiger partial charge in [0.05, 0.1) is 35.3 Å². The van der Waals surface area contributed by atoms with Crippen molar-refractivity contribution in [1.29, 1.82) is 0 Å². The van der Waals surface area contributed by atoms with Crippen molar-refractivity contribution < 1.29 is 22.6 Å². The van der Waals surface area contributed by atoms with Gasteiger partial charge in [0.15, 0.2) is 11.3 Å². The molecule has 0 amide bonds. The van der Waals surface area contributed by atoms with Gasteiger partial charge in [0.2, 0.25) is 9.84 Å². The second-order valence-electron chi connectivity index (χ2n) is 8.24. The van der Waals surface area contributed by atoms with Gasteiger partial charge in [-0.05, 0) is 43.2 Å². The highest BCUT2D eigenvalue weighted by Gasteiger charge is 2.26. The van der Waals surface area contributed by atoms with Crippen molar-refractivity contribution in [2.45, 2.75) is 35.8 Å². The van der Waals surface area contributed by atoms with Crippen LogP contribution in [0.15, 0.2) is 69.2 Å². The minimum Gasteiger partial charge on any atom is -0.476 e. The summed E-state index contributed by atoms with van der Waals surface area (Å²) >= 11 is 0. The Morgan fingerprint density at radius 1 is 1.06 bits per heavy atom. The summed E-state index contributed by atoms with van der Waals surface area (Å²) < 4.78 is 45.2. The quantitative estimate of drug-likeness (QED) is 0.574. The topological polar surface area (TPSA) is 83.8 Å². The minimum atomic E-state index is -3.62. The first-order valence-electron chi connectivity index (χ1n) is 10.9. The van der Waals surface area contributed by atoms with E-state index < -0.39 is 9.84 Å². The van der Waals surface area contributed by atoms with Gasteiger partial charge in [-0.25, -0.2) is 8.42 Å². The molecule has 8 heteroatoms. The highest BCUT2D eigenvalue weighted by Crippen LogP contribution is 2.36. The Kier molecular flexibility index (Phi) is 5.82. The Balaban J connectivity index is 1.51. The molecule has 33 heavy (non-hydrogen) atoms. The maximum absolute atomic E-state index is 13.1. The van der Waals surface area contributed by atoms with Gasteiger partial charge in [-0.3, -0.25) is 4.79 Å². The Morgan fingerprint density at radius 2 is 1.88 bits per heavy atom. The fourth-order valence-corrected chi connectivity index (χ4v) is 5.70. The van der Waals surface area contributed by atoms with Crippen molar-refractivity contribution >= 4 is 9.84 Å². The number of nitrogens with zero attached hydrogens (tertiary/aromatic N) is 1. The lowest BCUT2D eigenvalue weighted by Crippen LogP contribution is -2.34. The Bertz CT molecular complexity index is 1340. The number of hydrogen-bond acceptors (Lipinski definition) is 6. The van der Waals surface area contributed by atoms with E-state index in [1.54, 1.807) is 55.5 Å². The lowest BCUT2D eigenvalue weighted by Gasteiger charge is -2.28. The zero-order valence-corrected chi connectivity index (χ0v) is 19.1. The van der Waals surface area contributed by atoms with Crippen LogP contribution in [0.5, 0.6) is 5.88 Å². The second-order valence-corrected chi connectivity index (χ2v) is 10.2. The van der Waals surface area contributed by atoms with Gasteiger partial charge in [0.25, 0.3) is 0 Å². The summed E-state index contributed by atoms with van der Waals surface area (Å²) in [6.07, 6.45) is 0.454. The Morgan fingerprint density at radius 3 is 2.64 bits per heavy atom. The zero-order chi connectivity index (χ0) is 23.0. The molecule has 2 aliphatic rings. The van der Waals surface area contributed by atoms with Crippen molar-refractivity contribution in [3.05, 3.63) is 75.9 Å². The summed E-state index contributed by atoms with van der Waals surface area (Å²) in [4.78, 5) is 13.3. The Hall–Kier alpha value is -2.94. The molecule has 1 atom stereocenters. The van der Waals surface area contributed by atoms with Gasteiger partial charge in [0.1, 0.15) is 12.7 Å². The number of benzene rings is 2. The summed E-state index contributed by atoms with van der Waals surface area (Å²) in [5.41, 5.74) is 3.01. The number of fused-ring (bicyclic) bond motifs is 3. The van der Waals surface area contributed by atoms with Gasteiger partial charge in [-0.15, -0.1) is 0 Å². The van der Waals surface area contributed by atoms with E-state index in [1.807, 2.05) is 4.57 Å². The number of sulfone groups is 1. The Labute approximate surface area is 192 Å². The molecule has 3 heterocycles. The predicted molar refractivity (Wildman–Crippen MR) is 123 cm³/mol. The van der Waals surface area contributed by atoms with Crippen molar-refractivity contribution in [3.63, 3.8) is 0 Å². The molecule has 0 aliphatic carbocycles. The summed E-state index contributed by atoms with van der Waals surface area (Å²) in [5.74, 6) is 0.487. The van der Waals surface area contributed by atoms with Crippen LogP contribution in [-0.2, 0) is 32.3 Å². The van der Waals surface area contributed by atoms with Crippen molar-refractivity contribution in [2.75, 3.05) is 26.4 Å². The molecule has 7 nitrogen and oxygen atoms in total. The van der Waals surface area contributed by atoms with Gasteiger partial charge in [-0.1, -0.05) is 24.3 Å². The first-order valence-corrected chi connectivity index (χ1v) is 12.4. The standard InChI is InChI=1S/C25H25NO6S/c1-17-23(27)14-24(32-16-19-15-30-11-12-31-19)26-10-9-18-13-21(7-8-22(18)25(17)26)33(28,29)20-5-3-2-4-6-20/h2-8,13-14,19H,9-12,15-16H2,1H3/t19-/m0/s1. The third kappa shape index (κ3) is 4.10. The van der Waals surface area contributed by atoms with E-state index in [0.29, 0.717) is 50.8 Å². The maximum Gasteiger partial charge on any atom is 0.206 e. The fourth-order valence-electron chi connectivity index (χ4n) is 4.37. The van der Waals surface area contributed by atoms with Gasteiger partial charge < -0.3 is 18.8 Å². The van der Waals surface area contributed by atoms with E-state index in [2.05, 4.69) is 0 Å². The van der Waals surface area contributed by atoms with Crippen LogP contribution in [0.3, 0.4) is 0 Å². The van der Waals surface area contributed by atoms with E-state index in [4.69, 9.17) is 14.2 Å². The molecule has 1 aromatic heterocycles. The monoisotopic (exact) mass is 467 g/mol. The van der Waals surface area contributed by atoms with E-state index in [0.717, 1.165) is 16.8 Å². The van der Waals surface area contributed by atoms with Crippen LogP contribution in [0, 0.1) is 6.92 Å². The molecule has 0 spiro atoms. The van der Waals surface area contributed by atoms with Crippen LogP contribution >= 0.6 is 0 Å². The molecule has 2 aromatic carbocycles. The van der Waals surface area contributed by atoms with E-state index in [1.165, 1.54) is 6.07 Å². The molecule has 3 aromatic rings. The first-order chi connectivity index (χ1) is 15.9.